The SMILES string of the molecule is CCc1cc(Br)cc(C)c1NC(=O)CCc1ccc(S(N)(=O)=O)cc1. The van der Waals surface area contributed by atoms with E-state index in [1.165, 1.54) is 12.1 Å². The number of hydrogen-bond acceptors (Lipinski definition) is 3. The molecule has 2 rings (SSSR count). The molecule has 7 heteroatoms. The smallest absolute Gasteiger partial charge is 0.238 e. The largest absolute Gasteiger partial charge is 0.326 e. The highest BCUT2D eigenvalue weighted by molar-refractivity contribution is 9.10. The fraction of sp³-hybridized carbons (Fsp3) is 0.278. The second-order valence-electron chi connectivity index (χ2n) is 5.85. The minimum Gasteiger partial charge on any atom is -0.326 e. The molecule has 0 fully saturated rings. The van der Waals surface area contributed by atoms with Gasteiger partial charge in [0.2, 0.25) is 15.9 Å². The maximum Gasteiger partial charge on any atom is 0.238 e. The van der Waals surface area contributed by atoms with Gasteiger partial charge in [0.25, 0.3) is 0 Å². The molecule has 0 atom stereocenters. The number of carbonyl (C=O) groups excluding carboxylic acids is 1. The van der Waals surface area contributed by atoms with Crippen LogP contribution in [0.5, 0.6) is 0 Å². The molecule has 2 aromatic rings. The van der Waals surface area contributed by atoms with Crippen molar-refractivity contribution in [3.05, 3.63) is 57.6 Å². The van der Waals surface area contributed by atoms with E-state index < -0.39 is 10.0 Å². The Balaban J connectivity index is 2.02. The summed E-state index contributed by atoms with van der Waals surface area (Å²) in [5.74, 6) is -0.0735. The molecule has 2 aromatic carbocycles. The molecule has 0 bridgehead atoms. The Hall–Kier alpha value is -1.70. The van der Waals surface area contributed by atoms with Crippen molar-refractivity contribution in [2.75, 3.05) is 5.32 Å². The lowest BCUT2D eigenvalue weighted by Gasteiger charge is -2.14. The van der Waals surface area contributed by atoms with Gasteiger partial charge in [0.15, 0.2) is 0 Å². The molecular weight excluding hydrogens is 404 g/mol. The van der Waals surface area contributed by atoms with Crippen molar-refractivity contribution in [2.24, 2.45) is 5.14 Å². The predicted molar refractivity (Wildman–Crippen MR) is 103 cm³/mol. The average molecular weight is 425 g/mol. The third-order valence-electron chi connectivity index (χ3n) is 3.92. The lowest BCUT2D eigenvalue weighted by atomic mass is 10.1. The molecule has 0 aliphatic rings. The second-order valence-corrected chi connectivity index (χ2v) is 8.32. The van der Waals surface area contributed by atoms with Gasteiger partial charge < -0.3 is 5.32 Å². The van der Waals surface area contributed by atoms with E-state index in [-0.39, 0.29) is 10.8 Å². The summed E-state index contributed by atoms with van der Waals surface area (Å²) >= 11 is 3.47. The minimum absolute atomic E-state index is 0.0683. The number of carbonyl (C=O) groups is 1. The Kier molecular flexibility index (Phi) is 6.37. The summed E-state index contributed by atoms with van der Waals surface area (Å²) in [6.45, 7) is 4.01. The van der Waals surface area contributed by atoms with E-state index in [1.54, 1.807) is 12.1 Å². The summed E-state index contributed by atoms with van der Waals surface area (Å²) in [5, 5.41) is 8.06. The fourth-order valence-electron chi connectivity index (χ4n) is 2.58. The van der Waals surface area contributed by atoms with Crippen LogP contribution in [0.15, 0.2) is 45.8 Å². The lowest BCUT2D eigenvalue weighted by Crippen LogP contribution is -2.15. The standard InChI is InChI=1S/C18H21BrN2O3S/c1-3-14-11-15(19)10-12(2)18(14)21-17(22)9-6-13-4-7-16(8-5-13)25(20,23)24/h4-5,7-8,10-11H,3,6,9H2,1-2H3,(H,21,22)(H2,20,23,24). The van der Waals surface area contributed by atoms with Crippen LogP contribution in [-0.2, 0) is 27.7 Å². The zero-order chi connectivity index (χ0) is 18.6. The molecule has 25 heavy (non-hydrogen) atoms. The van der Waals surface area contributed by atoms with E-state index in [4.69, 9.17) is 5.14 Å². The second kappa shape index (κ2) is 8.12. The van der Waals surface area contributed by atoms with Crippen LogP contribution in [0, 0.1) is 6.92 Å². The molecule has 134 valence electrons. The Morgan fingerprint density at radius 1 is 1.20 bits per heavy atom. The van der Waals surface area contributed by atoms with Crippen molar-refractivity contribution in [3.63, 3.8) is 0 Å². The van der Waals surface area contributed by atoms with Crippen LogP contribution >= 0.6 is 15.9 Å². The van der Waals surface area contributed by atoms with Crippen molar-refractivity contribution in [3.8, 4) is 0 Å². The maximum absolute atomic E-state index is 12.3. The number of anilines is 1. The van der Waals surface area contributed by atoms with Gasteiger partial charge in [-0.3, -0.25) is 4.79 Å². The Labute approximate surface area is 156 Å². The van der Waals surface area contributed by atoms with Crippen LogP contribution in [0.3, 0.4) is 0 Å². The Morgan fingerprint density at radius 2 is 1.84 bits per heavy atom. The van der Waals surface area contributed by atoms with E-state index in [2.05, 4.69) is 21.2 Å². The molecule has 0 aliphatic carbocycles. The number of amides is 1. The van der Waals surface area contributed by atoms with Gasteiger partial charge in [0.1, 0.15) is 0 Å². The van der Waals surface area contributed by atoms with Crippen molar-refractivity contribution >= 4 is 37.5 Å². The highest BCUT2D eigenvalue weighted by Crippen LogP contribution is 2.26. The van der Waals surface area contributed by atoms with Gasteiger partial charge >= 0.3 is 0 Å². The molecule has 0 radical (unpaired) electrons. The molecule has 3 N–H and O–H groups in total. The topological polar surface area (TPSA) is 89.3 Å². The van der Waals surface area contributed by atoms with Gasteiger partial charge in [-0.1, -0.05) is 35.0 Å². The Bertz CT molecular complexity index is 878. The van der Waals surface area contributed by atoms with Crippen LogP contribution in [0.1, 0.15) is 30.0 Å². The normalized spacial score (nSPS) is 11.4. The zero-order valence-corrected chi connectivity index (χ0v) is 16.6. The third-order valence-corrected chi connectivity index (χ3v) is 5.31. The summed E-state index contributed by atoms with van der Waals surface area (Å²) in [4.78, 5) is 12.3. The summed E-state index contributed by atoms with van der Waals surface area (Å²) in [7, 11) is -3.69. The molecule has 0 saturated carbocycles. The molecule has 0 unspecified atom stereocenters. The van der Waals surface area contributed by atoms with Gasteiger partial charge in [-0.25, -0.2) is 13.6 Å². The first-order valence-corrected chi connectivity index (χ1v) is 10.2. The first-order valence-electron chi connectivity index (χ1n) is 7.91. The molecule has 0 saturated heterocycles. The van der Waals surface area contributed by atoms with E-state index in [0.29, 0.717) is 12.8 Å². The zero-order valence-electron chi connectivity index (χ0n) is 14.2. The molecular formula is C18H21BrN2O3S. The van der Waals surface area contributed by atoms with Crippen LogP contribution in [0.2, 0.25) is 0 Å². The average Bonchev–Trinajstić information content (AvgIpc) is 2.54. The van der Waals surface area contributed by atoms with Crippen molar-refractivity contribution in [2.45, 2.75) is 38.0 Å². The number of primary sulfonamides is 1. The Morgan fingerprint density at radius 3 is 2.40 bits per heavy atom. The molecule has 0 aliphatic heterocycles. The number of benzene rings is 2. The number of rotatable bonds is 6. The number of aryl methyl sites for hydroxylation is 3. The number of sulfonamides is 1. The quantitative estimate of drug-likeness (QED) is 0.742. The summed E-state index contributed by atoms with van der Waals surface area (Å²) < 4.78 is 23.5. The predicted octanol–water partition coefficient (Wildman–Crippen LogP) is 3.54. The number of halogens is 1. The number of hydrogen-bond donors (Lipinski definition) is 2. The van der Waals surface area contributed by atoms with Crippen LogP contribution in [-0.4, -0.2) is 14.3 Å². The first kappa shape index (κ1) is 19.6. The first-order chi connectivity index (χ1) is 11.7. The van der Waals surface area contributed by atoms with Crippen molar-refractivity contribution < 1.29 is 13.2 Å². The van der Waals surface area contributed by atoms with Gasteiger partial charge in [0, 0.05) is 16.6 Å². The van der Waals surface area contributed by atoms with Crippen LogP contribution < -0.4 is 10.5 Å². The molecule has 1 amide bonds. The van der Waals surface area contributed by atoms with Gasteiger partial charge in [-0.05, 0) is 60.7 Å². The fourth-order valence-corrected chi connectivity index (χ4v) is 3.71. The molecule has 5 nitrogen and oxygen atoms in total. The molecule has 0 aromatic heterocycles. The monoisotopic (exact) mass is 424 g/mol. The van der Waals surface area contributed by atoms with E-state index in [9.17, 15) is 13.2 Å². The maximum atomic E-state index is 12.3. The third kappa shape index (κ3) is 5.39. The van der Waals surface area contributed by atoms with E-state index in [1.807, 2.05) is 26.0 Å². The van der Waals surface area contributed by atoms with Gasteiger partial charge in [-0.15, -0.1) is 0 Å². The molecule has 0 spiro atoms. The van der Waals surface area contributed by atoms with Crippen LogP contribution in [0.4, 0.5) is 5.69 Å². The number of nitrogens with two attached hydrogens (primary N) is 1. The molecule has 0 heterocycles. The minimum atomic E-state index is -3.69. The highest BCUT2D eigenvalue weighted by atomic mass is 79.9. The van der Waals surface area contributed by atoms with Crippen molar-refractivity contribution in [1.29, 1.82) is 0 Å². The van der Waals surface area contributed by atoms with Crippen molar-refractivity contribution in [1.82, 2.24) is 0 Å². The van der Waals surface area contributed by atoms with E-state index in [0.717, 1.165) is 33.3 Å². The van der Waals surface area contributed by atoms with Gasteiger partial charge in [0.05, 0.1) is 4.90 Å². The summed E-state index contributed by atoms with van der Waals surface area (Å²) in [6.07, 6.45) is 1.66. The van der Waals surface area contributed by atoms with Gasteiger partial charge in [-0.2, -0.15) is 0 Å². The highest BCUT2D eigenvalue weighted by Gasteiger charge is 2.11. The summed E-state index contributed by atoms with van der Waals surface area (Å²) in [5.41, 5.74) is 3.83. The lowest BCUT2D eigenvalue weighted by molar-refractivity contribution is -0.116. The number of nitrogens with one attached hydrogen (secondary N) is 1. The summed E-state index contributed by atoms with van der Waals surface area (Å²) in [6, 6.07) is 10.2. The van der Waals surface area contributed by atoms with E-state index >= 15 is 0 Å². The van der Waals surface area contributed by atoms with Crippen LogP contribution in [0.25, 0.3) is 0 Å².